The number of carbonyl (C=O) groups is 1. The molecule has 1 aromatic carbocycles. The zero-order valence-electron chi connectivity index (χ0n) is 18.4. The van der Waals surface area contributed by atoms with E-state index in [9.17, 15) is 14.4 Å². The van der Waals surface area contributed by atoms with Crippen molar-refractivity contribution in [3.63, 3.8) is 0 Å². The number of unbranched alkanes of at least 4 members (excludes halogenated alkanes) is 1. The zero-order valence-corrected chi connectivity index (χ0v) is 18.4. The average molecular weight is 417 g/mol. The fourth-order valence-electron chi connectivity index (χ4n) is 3.20. The van der Waals surface area contributed by atoms with Crippen molar-refractivity contribution >= 4 is 17.4 Å². The number of hydrogen-bond donors (Lipinski definition) is 2. The van der Waals surface area contributed by atoms with Crippen molar-refractivity contribution in [2.24, 2.45) is 5.92 Å². The van der Waals surface area contributed by atoms with Crippen molar-refractivity contribution in [1.82, 2.24) is 9.55 Å². The quantitative estimate of drug-likeness (QED) is 0.653. The second-order valence-electron chi connectivity index (χ2n) is 7.92. The third kappa shape index (κ3) is 5.52. The Balaban J connectivity index is 2.45. The number of carbonyl (C=O) groups excluding carboxylic acids is 1. The van der Waals surface area contributed by atoms with Gasteiger partial charge in [0.05, 0.1) is 0 Å². The van der Waals surface area contributed by atoms with Crippen LogP contribution in [0.15, 0.2) is 33.9 Å². The van der Waals surface area contributed by atoms with Crippen LogP contribution in [-0.4, -0.2) is 28.1 Å². The third-order valence-corrected chi connectivity index (χ3v) is 4.68. The maximum atomic E-state index is 13.3. The van der Waals surface area contributed by atoms with Crippen LogP contribution in [0.4, 0.5) is 11.5 Å². The first-order valence-electron chi connectivity index (χ1n) is 10.3. The Morgan fingerprint density at radius 3 is 2.57 bits per heavy atom. The maximum Gasteiger partial charge on any atom is 0.330 e. The van der Waals surface area contributed by atoms with Gasteiger partial charge in [0, 0.05) is 13.1 Å². The zero-order chi connectivity index (χ0) is 22.4. The molecule has 1 atom stereocenters. The molecule has 3 N–H and O–H groups in total. The molecule has 0 saturated carbocycles. The fraction of sp³-hybridized carbons (Fsp3) is 0.500. The summed E-state index contributed by atoms with van der Waals surface area (Å²) < 4.78 is 7.13. The van der Waals surface area contributed by atoms with Crippen molar-refractivity contribution in [1.29, 1.82) is 0 Å². The van der Waals surface area contributed by atoms with Gasteiger partial charge in [-0.05, 0) is 43.9 Å². The van der Waals surface area contributed by atoms with Crippen LogP contribution < -0.4 is 26.6 Å². The second kappa shape index (κ2) is 10.1. The lowest BCUT2D eigenvalue weighted by molar-refractivity contribution is -0.124. The van der Waals surface area contributed by atoms with Crippen molar-refractivity contribution in [2.75, 3.05) is 17.2 Å². The van der Waals surface area contributed by atoms with Gasteiger partial charge >= 0.3 is 5.69 Å². The number of rotatable bonds is 9. The first kappa shape index (κ1) is 23.3. The molecule has 0 aliphatic heterocycles. The molecular weight excluding hydrogens is 384 g/mol. The van der Waals surface area contributed by atoms with Crippen LogP contribution in [0.25, 0.3) is 0 Å². The highest BCUT2D eigenvalue weighted by molar-refractivity contribution is 5.98. The Bertz CT molecular complexity index is 993. The lowest BCUT2D eigenvalue weighted by atomic mass is 10.2. The molecule has 0 aliphatic rings. The van der Waals surface area contributed by atoms with E-state index in [0.717, 1.165) is 12.0 Å². The number of H-pyrrole nitrogens is 1. The van der Waals surface area contributed by atoms with Gasteiger partial charge in [-0.15, -0.1) is 0 Å². The number of ether oxygens (including phenoxy) is 1. The van der Waals surface area contributed by atoms with Crippen LogP contribution in [0, 0.1) is 12.8 Å². The Morgan fingerprint density at radius 1 is 1.27 bits per heavy atom. The minimum Gasteiger partial charge on any atom is -0.481 e. The molecule has 1 aromatic heterocycles. The first-order valence-corrected chi connectivity index (χ1v) is 10.3. The fourth-order valence-corrected chi connectivity index (χ4v) is 3.20. The van der Waals surface area contributed by atoms with Crippen LogP contribution in [0.2, 0.25) is 0 Å². The molecule has 8 nitrogen and oxygen atoms in total. The number of benzene rings is 1. The van der Waals surface area contributed by atoms with E-state index >= 15 is 0 Å². The van der Waals surface area contributed by atoms with E-state index in [1.807, 2.05) is 45.9 Å². The number of aryl methyl sites for hydroxylation is 1. The minimum atomic E-state index is -0.840. The van der Waals surface area contributed by atoms with Gasteiger partial charge < -0.3 is 15.4 Å². The molecule has 0 saturated heterocycles. The van der Waals surface area contributed by atoms with Crippen molar-refractivity contribution in [3.05, 3.63) is 50.7 Å². The first-order chi connectivity index (χ1) is 14.1. The minimum absolute atomic E-state index is 0.00612. The number of aromatic nitrogens is 2. The summed E-state index contributed by atoms with van der Waals surface area (Å²) in [6.45, 7) is 10.1. The predicted octanol–water partition coefficient (Wildman–Crippen LogP) is 2.68. The highest BCUT2D eigenvalue weighted by Crippen LogP contribution is 2.21. The molecule has 1 amide bonds. The normalized spacial score (nSPS) is 12.1. The largest absolute Gasteiger partial charge is 0.481 e. The van der Waals surface area contributed by atoms with Crippen LogP contribution in [0.1, 0.15) is 46.1 Å². The molecule has 0 fully saturated rings. The van der Waals surface area contributed by atoms with Crippen LogP contribution >= 0.6 is 0 Å². The summed E-state index contributed by atoms with van der Waals surface area (Å²) in [7, 11) is 0. The van der Waals surface area contributed by atoms with Gasteiger partial charge in [0.1, 0.15) is 11.6 Å². The smallest absolute Gasteiger partial charge is 0.330 e. The molecular formula is C22H32N4O4. The van der Waals surface area contributed by atoms with Crippen LogP contribution in [-0.2, 0) is 11.3 Å². The summed E-state index contributed by atoms with van der Waals surface area (Å²) >= 11 is 0. The van der Waals surface area contributed by atoms with Gasteiger partial charge in [0.25, 0.3) is 11.5 Å². The molecule has 0 spiro atoms. The van der Waals surface area contributed by atoms with E-state index < -0.39 is 23.3 Å². The topological polar surface area (TPSA) is 110 Å². The molecule has 2 aromatic rings. The van der Waals surface area contributed by atoms with Gasteiger partial charge in [0.15, 0.2) is 11.8 Å². The van der Waals surface area contributed by atoms with Gasteiger partial charge in [-0.1, -0.05) is 39.3 Å². The van der Waals surface area contributed by atoms with E-state index in [-0.39, 0.29) is 17.4 Å². The Kier molecular flexibility index (Phi) is 7.86. The number of hydrogen-bond acceptors (Lipinski definition) is 5. The van der Waals surface area contributed by atoms with Crippen molar-refractivity contribution in [3.8, 4) is 5.75 Å². The SMILES string of the molecule is CCCCN(C(=O)[C@@H](C)Oc1cccc(C)c1)c1c(N)n(CC(C)C)c(=O)[nH]c1=O. The van der Waals surface area contributed by atoms with Crippen molar-refractivity contribution in [2.45, 2.75) is 60.1 Å². The monoisotopic (exact) mass is 416 g/mol. The van der Waals surface area contributed by atoms with Crippen LogP contribution in [0.3, 0.4) is 0 Å². The van der Waals surface area contributed by atoms with Gasteiger partial charge in [-0.25, -0.2) is 4.79 Å². The third-order valence-electron chi connectivity index (χ3n) is 4.68. The molecule has 30 heavy (non-hydrogen) atoms. The summed E-state index contributed by atoms with van der Waals surface area (Å²) in [6, 6.07) is 7.40. The second-order valence-corrected chi connectivity index (χ2v) is 7.92. The highest BCUT2D eigenvalue weighted by Gasteiger charge is 2.28. The number of nitrogen functional groups attached to an aromatic ring is 1. The Morgan fingerprint density at radius 2 is 1.97 bits per heavy atom. The number of amides is 1. The molecule has 164 valence electrons. The van der Waals surface area contributed by atoms with Gasteiger partial charge in [-0.2, -0.15) is 0 Å². The average Bonchev–Trinajstić information content (AvgIpc) is 2.66. The molecule has 0 radical (unpaired) electrons. The van der Waals surface area contributed by atoms with E-state index in [1.165, 1.54) is 9.47 Å². The number of nitrogens with zero attached hydrogens (tertiary/aromatic N) is 2. The number of nitrogens with two attached hydrogens (primary N) is 1. The van der Waals surface area contributed by atoms with E-state index in [2.05, 4.69) is 4.98 Å². The van der Waals surface area contributed by atoms with Gasteiger partial charge in [-0.3, -0.25) is 19.1 Å². The maximum absolute atomic E-state index is 13.3. The Labute approximate surface area is 176 Å². The number of anilines is 2. The van der Waals surface area contributed by atoms with E-state index in [1.54, 1.807) is 13.0 Å². The van der Waals surface area contributed by atoms with Crippen LogP contribution in [0.5, 0.6) is 5.75 Å². The summed E-state index contributed by atoms with van der Waals surface area (Å²) in [5.41, 5.74) is 5.97. The van der Waals surface area contributed by atoms with Crippen molar-refractivity contribution < 1.29 is 9.53 Å². The van der Waals surface area contributed by atoms with E-state index in [4.69, 9.17) is 10.5 Å². The molecule has 2 rings (SSSR count). The number of nitrogens with one attached hydrogen (secondary N) is 1. The Hall–Kier alpha value is -3.03. The predicted molar refractivity (Wildman–Crippen MR) is 119 cm³/mol. The van der Waals surface area contributed by atoms with E-state index in [0.29, 0.717) is 25.3 Å². The molecule has 1 heterocycles. The lowest BCUT2D eigenvalue weighted by Gasteiger charge is -2.27. The van der Waals surface area contributed by atoms with Gasteiger partial charge in [0.2, 0.25) is 0 Å². The molecule has 0 unspecified atom stereocenters. The molecule has 0 bridgehead atoms. The summed E-state index contributed by atoms with van der Waals surface area (Å²) in [6.07, 6.45) is 0.652. The summed E-state index contributed by atoms with van der Waals surface area (Å²) in [5, 5.41) is 0. The standard InChI is InChI=1S/C22H32N4O4/c1-6-7-11-25(21(28)16(5)30-17-10-8-9-15(4)12-17)18-19(23)26(13-14(2)3)22(29)24-20(18)27/h8-10,12,14,16H,6-7,11,13,23H2,1-5H3,(H,24,27,29)/t16-/m1/s1. The summed E-state index contributed by atoms with van der Waals surface area (Å²) in [4.78, 5) is 41.8. The lowest BCUT2D eigenvalue weighted by Crippen LogP contribution is -2.46. The number of aromatic amines is 1. The molecule has 0 aliphatic carbocycles. The highest BCUT2D eigenvalue weighted by atomic mass is 16.5. The summed E-state index contributed by atoms with van der Waals surface area (Å²) in [5.74, 6) is 0.298. The molecule has 8 heteroatoms.